The first-order valence-corrected chi connectivity index (χ1v) is 6.15. The van der Waals surface area contributed by atoms with E-state index in [2.05, 4.69) is 29.8 Å². The van der Waals surface area contributed by atoms with Gasteiger partial charge in [0.05, 0.1) is 5.41 Å². The SMILES string of the molecule is CC1(C)C2CC(=O)C1(CCl)C(Br)C2. The first kappa shape index (κ1) is 9.97. The number of Topliss-reactive ketones (excluding diaryl/α,β-unsaturated/α-hetero) is 1. The molecule has 3 heteroatoms. The average molecular weight is 266 g/mol. The lowest BCUT2D eigenvalue weighted by atomic mass is 9.70. The highest BCUT2D eigenvalue weighted by Gasteiger charge is 2.67. The third-order valence-electron chi connectivity index (χ3n) is 4.34. The van der Waals surface area contributed by atoms with Gasteiger partial charge in [0, 0.05) is 17.1 Å². The lowest BCUT2D eigenvalue weighted by molar-refractivity contribution is -0.127. The van der Waals surface area contributed by atoms with Gasteiger partial charge in [-0.25, -0.2) is 0 Å². The smallest absolute Gasteiger partial charge is 0.142 e. The molecule has 0 amide bonds. The third kappa shape index (κ3) is 0.918. The third-order valence-corrected chi connectivity index (χ3v) is 5.91. The van der Waals surface area contributed by atoms with Gasteiger partial charge in [-0.1, -0.05) is 29.8 Å². The Morgan fingerprint density at radius 2 is 2.23 bits per heavy atom. The first-order valence-electron chi connectivity index (χ1n) is 4.70. The molecule has 3 unspecified atom stereocenters. The van der Waals surface area contributed by atoms with Crippen molar-refractivity contribution in [3.05, 3.63) is 0 Å². The topological polar surface area (TPSA) is 17.1 Å². The van der Waals surface area contributed by atoms with Crippen molar-refractivity contribution in [3.63, 3.8) is 0 Å². The summed E-state index contributed by atoms with van der Waals surface area (Å²) < 4.78 is 0. The zero-order valence-corrected chi connectivity index (χ0v) is 10.3. The maximum absolute atomic E-state index is 11.9. The number of fused-ring (bicyclic) bond motifs is 2. The van der Waals surface area contributed by atoms with Gasteiger partial charge in [-0.15, -0.1) is 11.6 Å². The molecule has 0 aromatic carbocycles. The van der Waals surface area contributed by atoms with E-state index < -0.39 is 0 Å². The summed E-state index contributed by atoms with van der Waals surface area (Å²) in [6, 6.07) is 0. The highest BCUT2D eigenvalue weighted by atomic mass is 79.9. The molecular formula is C10H14BrClO. The lowest BCUT2D eigenvalue weighted by Gasteiger charge is -2.37. The van der Waals surface area contributed by atoms with Crippen molar-refractivity contribution in [2.45, 2.75) is 31.5 Å². The Balaban J connectivity index is 2.51. The van der Waals surface area contributed by atoms with E-state index in [-0.39, 0.29) is 10.8 Å². The quantitative estimate of drug-likeness (QED) is 0.666. The second kappa shape index (κ2) is 2.73. The summed E-state index contributed by atoms with van der Waals surface area (Å²) in [5.41, 5.74) is -0.209. The molecule has 2 rings (SSSR count). The largest absolute Gasteiger partial charge is 0.299 e. The average Bonchev–Trinajstić information content (AvgIpc) is 2.31. The van der Waals surface area contributed by atoms with Crippen LogP contribution in [0.5, 0.6) is 0 Å². The van der Waals surface area contributed by atoms with Crippen LogP contribution in [0.4, 0.5) is 0 Å². The van der Waals surface area contributed by atoms with Gasteiger partial charge in [0.15, 0.2) is 0 Å². The van der Waals surface area contributed by atoms with Gasteiger partial charge in [-0.05, 0) is 17.8 Å². The highest BCUT2D eigenvalue weighted by molar-refractivity contribution is 9.09. The summed E-state index contributed by atoms with van der Waals surface area (Å²) in [6.45, 7) is 4.37. The van der Waals surface area contributed by atoms with Crippen molar-refractivity contribution < 1.29 is 4.79 Å². The fourth-order valence-corrected chi connectivity index (χ4v) is 5.45. The highest BCUT2D eigenvalue weighted by Crippen LogP contribution is 2.66. The molecule has 0 aliphatic heterocycles. The van der Waals surface area contributed by atoms with Gasteiger partial charge in [0.25, 0.3) is 0 Å². The van der Waals surface area contributed by atoms with Gasteiger partial charge >= 0.3 is 0 Å². The molecule has 0 spiro atoms. The molecule has 74 valence electrons. The molecule has 0 heterocycles. The number of ketones is 1. The van der Waals surface area contributed by atoms with Crippen LogP contribution < -0.4 is 0 Å². The number of rotatable bonds is 1. The Morgan fingerprint density at radius 3 is 2.54 bits per heavy atom. The predicted octanol–water partition coefficient (Wildman–Crippen LogP) is 2.99. The van der Waals surface area contributed by atoms with Crippen molar-refractivity contribution >= 4 is 33.3 Å². The Morgan fingerprint density at radius 1 is 1.62 bits per heavy atom. The van der Waals surface area contributed by atoms with Gasteiger partial charge in [0.1, 0.15) is 5.78 Å². The van der Waals surface area contributed by atoms with Crippen LogP contribution in [0, 0.1) is 16.7 Å². The monoisotopic (exact) mass is 264 g/mol. The van der Waals surface area contributed by atoms with E-state index in [1.54, 1.807) is 0 Å². The predicted molar refractivity (Wildman–Crippen MR) is 57.4 cm³/mol. The van der Waals surface area contributed by atoms with E-state index in [0.29, 0.717) is 22.4 Å². The molecule has 2 fully saturated rings. The Bertz CT molecular complexity index is 264. The number of carbonyl (C=O) groups is 1. The fraction of sp³-hybridized carbons (Fsp3) is 0.900. The van der Waals surface area contributed by atoms with Crippen LogP contribution in [0.2, 0.25) is 0 Å². The van der Waals surface area contributed by atoms with E-state index >= 15 is 0 Å². The zero-order valence-electron chi connectivity index (χ0n) is 7.94. The molecule has 0 aromatic heterocycles. The molecule has 2 saturated carbocycles. The molecule has 2 aliphatic carbocycles. The summed E-state index contributed by atoms with van der Waals surface area (Å²) in [6.07, 6.45) is 1.84. The fourth-order valence-electron chi connectivity index (χ4n) is 3.12. The van der Waals surface area contributed by atoms with Crippen LogP contribution in [0.25, 0.3) is 0 Å². The van der Waals surface area contributed by atoms with Crippen LogP contribution >= 0.6 is 27.5 Å². The Labute approximate surface area is 92.3 Å². The van der Waals surface area contributed by atoms with Gasteiger partial charge < -0.3 is 0 Å². The van der Waals surface area contributed by atoms with Crippen molar-refractivity contribution in [2.24, 2.45) is 16.7 Å². The van der Waals surface area contributed by atoms with E-state index in [9.17, 15) is 4.79 Å². The summed E-state index contributed by atoms with van der Waals surface area (Å²) in [4.78, 5) is 12.2. The number of hydrogen-bond acceptors (Lipinski definition) is 1. The number of halogens is 2. The minimum Gasteiger partial charge on any atom is -0.299 e. The summed E-state index contributed by atoms with van der Waals surface area (Å²) >= 11 is 9.64. The van der Waals surface area contributed by atoms with Crippen molar-refractivity contribution in [2.75, 3.05) is 5.88 Å². The summed E-state index contributed by atoms with van der Waals surface area (Å²) in [7, 11) is 0. The van der Waals surface area contributed by atoms with Crippen LogP contribution in [0.1, 0.15) is 26.7 Å². The normalized spacial score (nSPS) is 47.2. The van der Waals surface area contributed by atoms with Gasteiger partial charge in [-0.3, -0.25) is 4.79 Å². The maximum atomic E-state index is 11.9. The van der Waals surface area contributed by atoms with E-state index in [1.165, 1.54) is 0 Å². The molecule has 0 N–H and O–H groups in total. The molecule has 0 saturated heterocycles. The molecule has 1 nitrogen and oxygen atoms in total. The van der Waals surface area contributed by atoms with Crippen molar-refractivity contribution in [3.8, 4) is 0 Å². The van der Waals surface area contributed by atoms with Crippen molar-refractivity contribution in [1.82, 2.24) is 0 Å². The van der Waals surface area contributed by atoms with Gasteiger partial charge in [-0.2, -0.15) is 0 Å². The van der Waals surface area contributed by atoms with E-state index in [1.807, 2.05) is 0 Å². The number of hydrogen-bond donors (Lipinski definition) is 0. The molecule has 2 aliphatic rings. The van der Waals surface area contributed by atoms with E-state index in [4.69, 9.17) is 11.6 Å². The second-order valence-electron chi connectivity index (χ2n) is 4.85. The molecular weight excluding hydrogens is 251 g/mol. The second-order valence-corrected chi connectivity index (χ2v) is 6.23. The van der Waals surface area contributed by atoms with Crippen LogP contribution in [-0.2, 0) is 4.79 Å². The minimum atomic E-state index is -0.292. The standard InChI is InChI=1S/C10H14BrClO/c1-9(2)6-3-7(11)10(9,5-12)8(13)4-6/h6-7H,3-5H2,1-2H3. The Hall–Kier alpha value is 0.440. The van der Waals surface area contributed by atoms with E-state index in [0.717, 1.165) is 12.8 Å². The van der Waals surface area contributed by atoms with Gasteiger partial charge in [0.2, 0.25) is 0 Å². The summed E-state index contributed by atoms with van der Waals surface area (Å²) in [5, 5.41) is 0. The molecule has 13 heavy (non-hydrogen) atoms. The van der Waals surface area contributed by atoms with Crippen molar-refractivity contribution in [1.29, 1.82) is 0 Å². The minimum absolute atomic E-state index is 0.0833. The van der Waals surface area contributed by atoms with Crippen LogP contribution in [0.3, 0.4) is 0 Å². The van der Waals surface area contributed by atoms with Crippen LogP contribution in [0.15, 0.2) is 0 Å². The first-order chi connectivity index (χ1) is 5.96. The molecule has 3 atom stereocenters. The maximum Gasteiger partial charge on any atom is 0.142 e. The Kier molecular flexibility index (Phi) is 2.09. The van der Waals surface area contributed by atoms with Crippen LogP contribution in [-0.4, -0.2) is 16.5 Å². The number of alkyl halides is 2. The number of carbonyl (C=O) groups excluding carboxylic acids is 1. The lowest BCUT2D eigenvalue weighted by Crippen LogP contribution is -2.43. The zero-order chi connectivity index (χ0) is 9.85. The molecule has 2 bridgehead atoms. The molecule has 0 radical (unpaired) electrons. The molecule has 0 aromatic rings. The summed E-state index contributed by atoms with van der Waals surface area (Å²) in [5.74, 6) is 1.36.